The molecule has 0 atom stereocenters. The molecule has 1 N–H and O–H groups in total. The zero-order chi connectivity index (χ0) is 18.6. The van der Waals surface area contributed by atoms with Crippen LogP contribution in [-0.2, 0) is 0 Å². The summed E-state index contributed by atoms with van der Waals surface area (Å²) in [6.45, 7) is 11.2. The van der Waals surface area contributed by atoms with Crippen molar-refractivity contribution in [1.29, 1.82) is 0 Å². The smallest absolute Gasteiger partial charge is 0.317 e. The van der Waals surface area contributed by atoms with Gasteiger partial charge in [0.1, 0.15) is 0 Å². The van der Waals surface area contributed by atoms with Crippen LogP contribution in [-0.4, -0.2) is 84.1 Å². The SMILES string of the molecule is CN1CCN(CC(C)(C)NC(=O)N2CCC(c3ccncc3)CC2)CC1. The van der Waals surface area contributed by atoms with Gasteiger partial charge in [-0.3, -0.25) is 9.88 Å². The molecule has 0 saturated carbocycles. The van der Waals surface area contributed by atoms with E-state index in [0.717, 1.165) is 58.7 Å². The molecule has 6 heteroatoms. The fourth-order valence-electron chi connectivity index (χ4n) is 4.02. The quantitative estimate of drug-likeness (QED) is 0.893. The molecule has 2 aliphatic heterocycles. The summed E-state index contributed by atoms with van der Waals surface area (Å²) in [5.41, 5.74) is 1.13. The van der Waals surface area contributed by atoms with Gasteiger partial charge in [-0.1, -0.05) is 0 Å². The molecular weight excluding hydrogens is 326 g/mol. The number of piperidine rings is 1. The van der Waals surface area contributed by atoms with Crippen LogP contribution in [0.15, 0.2) is 24.5 Å². The number of hydrogen-bond acceptors (Lipinski definition) is 4. The van der Waals surface area contributed by atoms with E-state index in [1.165, 1.54) is 5.56 Å². The van der Waals surface area contributed by atoms with Crippen molar-refractivity contribution in [3.63, 3.8) is 0 Å². The average molecular weight is 360 g/mol. The Morgan fingerprint density at radius 2 is 1.73 bits per heavy atom. The molecule has 0 bridgehead atoms. The molecule has 0 unspecified atom stereocenters. The van der Waals surface area contributed by atoms with Gasteiger partial charge >= 0.3 is 6.03 Å². The number of hydrogen-bond donors (Lipinski definition) is 1. The Bertz CT molecular complexity index is 575. The summed E-state index contributed by atoms with van der Waals surface area (Å²) in [7, 11) is 2.17. The summed E-state index contributed by atoms with van der Waals surface area (Å²) < 4.78 is 0. The lowest BCUT2D eigenvalue weighted by Crippen LogP contribution is -2.58. The third-order valence-electron chi connectivity index (χ3n) is 5.62. The highest BCUT2D eigenvalue weighted by molar-refractivity contribution is 5.75. The number of amides is 2. The van der Waals surface area contributed by atoms with Crippen molar-refractivity contribution in [3.05, 3.63) is 30.1 Å². The Morgan fingerprint density at radius 1 is 1.12 bits per heavy atom. The Balaban J connectivity index is 1.46. The lowest BCUT2D eigenvalue weighted by molar-refractivity contribution is 0.119. The van der Waals surface area contributed by atoms with Gasteiger partial charge in [-0.15, -0.1) is 0 Å². The van der Waals surface area contributed by atoms with Gasteiger partial charge in [-0.05, 0) is 57.4 Å². The number of nitrogens with zero attached hydrogens (tertiary/aromatic N) is 4. The van der Waals surface area contributed by atoms with Gasteiger partial charge in [0.2, 0.25) is 0 Å². The van der Waals surface area contributed by atoms with Crippen LogP contribution in [0.4, 0.5) is 4.79 Å². The van der Waals surface area contributed by atoms with E-state index in [-0.39, 0.29) is 11.6 Å². The summed E-state index contributed by atoms with van der Waals surface area (Å²) in [5, 5.41) is 3.26. The van der Waals surface area contributed by atoms with Crippen molar-refractivity contribution in [2.45, 2.75) is 38.1 Å². The minimum atomic E-state index is -0.213. The fraction of sp³-hybridized carbons (Fsp3) is 0.700. The number of carbonyl (C=O) groups excluding carboxylic acids is 1. The minimum Gasteiger partial charge on any atom is -0.332 e. The van der Waals surface area contributed by atoms with Crippen LogP contribution in [0, 0.1) is 0 Å². The van der Waals surface area contributed by atoms with E-state index in [2.05, 4.69) is 53.1 Å². The van der Waals surface area contributed by atoms with Crippen LogP contribution in [0.25, 0.3) is 0 Å². The molecule has 1 aromatic rings. The highest BCUT2D eigenvalue weighted by atomic mass is 16.2. The zero-order valence-electron chi connectivity index (χ0n) is 16.4. The van der Waals surface area contributed by atoms with Crippen LogP contribution in [0.5, 0.6) is 0 Å². The van der Waals surface area contributed by atoms with Gasteiger partial charge in [0, 0.05) is 63.7 Å². The monoisotopic (exact) mass is 359 g/mol. The first-order valence-corrected chi connectivity index (χ1v) is 9.81. The maximum absolute atomic E-state index is 12.7. The molecule has 3 heterocycles. The van der Waals surface area contributed by atoms with E-state index in [9.17, 15) is 4.79 Å². The van der Waals surface area contributed by atoms with E-state index in [1.54, 1.807) is 0 Å². The minimum absolute atomic E-state index is 0.0808. The number of aromatic nitrogens is 1. The number of pyridine rings is 1. The van der Waals surface area contributed by atoms with Gasteiger partial charge in [-0.2, -0.15) is 0 Å². The van der Waals surface area contributed by atoms with Crippen LogP contribution in [0.3, 0.4) is 0 Å². The second kappa shape index (κ2) is 8.35. The maximum Gasteiger partial charge on any atom is 0.317 e. The molecule has 1 aromatic heterocycles. The van der Waals surface area contributed by atoms with Crippen LogP contribution in [0.1, 0.15) is 38.2 Å². The first kappa shape index (κ1) is 19.1. The molecule has 144 valence electrons. The van der Waals surface area contributed by atoms with Crippen molar-refractivity contribution in [2.75, 3.05) is 52.9 Å². The predicted molar refractivity (Wildman–Crippen MR) is 104 cm³/mol. The number of rotatable bonds is 4. The Kier molecular flexibility index (Phi) is 6.14. The molecule has 2 fully saturated rings. The maximum atomic E-state index is 12.7. The number of urea groups is 1. The normalized spacial score (nSPS) is 21.0. The van der Waals surface area contributed by atoms with Crippen molar-refractivity contribution < 1.29 is 4.79 Å². The molecule has 0 aliphatic carbocycles. The number of nitrogens with one attached hydrogen (secondary N) is 1. The Labute approximate surface area is 157 Å². The van der Waals surface area contributed by atoms with Gasteiger partial charge in [0.25, 0.3) is 0 Å². The molecule has 0 aromatic carbocycles. The number of carbonyl (C=O) groups is 1. The lowest BCUT2D eigenvalue weighted by Gasteiger charge is -2.40. The van der Waals surface area contributed by atoms with Crippen molar-refractivity contribution >= 4 is 6.03 Å². The predicted octanol–water partition coefficient (Wildman–Crippen LogP) is 2.00. The van der Waals surface area contributed by atoms with Crippen molar-refractivity contribution in [1.82, 2.24) is 25.0 Å². The first-order chi connectivity index (χ1) is 12.4. The summed E-state index contributed by atoms with van der Waals surface area (Å²) in [5.74, 6) is 0.542. The highest BCUT2D eigenvalue weighted by Crippen LogP contribution is 2.27. The highest BCUT2D eigenvalue weighted by Gasteiger charge is 2.29. The molecule has 3 rings (SSSR count). The lowest BCUT2D eigenvalue weighted by atomic mass is 9.90. The molecule has 2 saturated heterocycles. The molecular formula is C20H33N5O. The van der Waals surface area contributed by atoms with Crippen LogP contribution < -0.4 is 5.32 Å². The third-order valence-corrected chi connectivity index (χ3v) is 5.62. The van der Waals surface area contributed by atoms with Crippen molar-refractivity contribution in [2.24, 2.45) is 0 Å². The topological polar surface area (TPSA) is 51.7 Å². The summed E-state index contributed by atoms with van der Waals surface area (Å²) in [4.78, 5) is 23.6. The molecule has 2 amide bonds. The summed E-state index contributed by atoms with van der Waals surface area (Å²) in [6, 6.07) is 4.27. The standard InChI is InChI=1S/C20H33N5O/c1-20(2,16-24-14-12-23(3)13-15-24)22-19(26)25-10-6-18(7-11-25)17-4-8-21-9-5-17/h4-5,8-9,18H,6-7,10-16H2,1-3H3,(H,22,26). The van der Waals surface area contributed by atoms with Gasteiger partial charge in [0.05, 0.1) is 0 Å². The van der Waals surface area contributed by atoms with E-state index >= 15 is 0 Å². The van der Waals surface area contributed by atoms with Gasteiger partial charge in [-0.25, -0.2) is 4.79 Å². The second-order valence-corrected chi connectivity index (χ2v) is 8.44. The van der Waals surface area contributed by atoms with E-state index in [1.807, 2.05) is 17.3 Å². The third kappa shape index (κ3) is 5.17. The number of likely N-dealkylation sites (N-methyl/N-ethyl adjacent to an activating group) is 1. The van der Waals surface area contributed by atoms with Crippen LogP contribution >= 0.6 is 0 Å². The van der Waals surface area contributed by atoms with Crippen molar-refractivity contribution in [3.8, 4) is 0 Å². The van der Waals surface area contributed by atoms with Crippen LogP contribution in [0.2, 0.25) is 0 Å². The Morgan fingerprint density at radius 3 is 2.35 bits per heavy atom. The number of piperazine rings is 1. The fourth-order valence-corrected chi connectivity index (χ4v) is 4.02. The molecule has 0 spiro atoms. The van der Waals surface area contributed by atoms with E-state index in [0.29, 0.717) is 5.92 Å². The molecule has 6 nitrogen and oxygen atoms in total. The molecule has 26 heavy (non-hydrogen) atoms. The average Bonchev–Trinajstić information content (AvgIpc) is 2.64. The second-order valence-electron chi connectivity index (χ2n) is 8.44. The largest absolute Gasteiger partial charge is 0.332 e. The van der Waals surface area contributed by atoms with Gasteiger partial charge < -0.3 is 15.1 Å². The Hall–Kier alpha value is -1.66. The van der Waals surface area contributed by atoms with Gasteiger partial charge in [0.15, 0.2) is 0 Å². The van der Waals surface area contributed by atoms with E-state index in [4.69, 9.17) is 0 Å². The van der Waals surface area contributed by atoms with E-state index < -0.39 is 0 Å². The molecule has 2 aliphatic rings. The first-order valence-electron chi connectivity index (χ1n) is 9.81. The summed E-state index contributed by atoms with van der Waals surface area (Å²) >= 11 is 0. The number of likely N-dealkylation sites (tertiary alicyclic amines) is 1. The zero-order valence-corrected chi connectivity index (χ0v) is 16.4. The molecule has 0 radical (unpaired) electrons. The summed E-state index contributed by atoms with van der Waals surface area (Å²) in [6.07, 6.45) is 5.76.